The van der Waals surface area contributed by atoms with Crippen LogP contribution in [0.15, 0.2) is 0 Å². The van der Waals surface area contributed by atoms with Crippen molar-refractivity contribution in [2.24, 2.45) is 0 Å². The molecule has 0 saturated carbocycles. The highest BCUT2D eigenvalue weighted by Crippen LogP contribution is 2.12. The number of carbonyl (C=O) groups is 1. The lowest BCUT2D eigenvalue weighted by Gasteiger charge is -2.19. The van der Waals surface area contributed by atoms with Crippen LogP contribution >= 0.6 is 15.9 Å². The normalized spacial score (nSPS) is 22.7. The fraction of sp³-hybridized carbons (Fsp3) is 0.875. The van der Waals surface area contributed by atoms with Crippen molar-refractivity contribution < 1.29 is 9.53 Å². The lowest BCUT2D eigenvalue weighted by atomic mass is 10.2. The molecule has 0 aromatic heterocycles. The van der Waals surface area contributed by atoms with Gasteiger partial charge in [0.1, 0.15) is 0 Å². The molecule has 1 aliphatic rings. The van der Waals surface area contributed by atoms with E-state index in [1.165, 1.54) is 0 Å². The molecule has 1 amide bonds. The van der Waals surface area contributed by atoms with E-state index < -0.39 is 0 Å². The van der Waals surface area contributed by atoms with Gasteiger partial charge in [0, 0.05) is 20.2 Å². The maximum atomic E-state index is 11.1. The Balaban J connectivity index is 2.24. The first-order chi connectivity index (χ1) is 5.74. The molecule has 0 N–H and O–H groups in total. The van der Waals surface area contributed by atoms with E-state index in [1.807, 2.05) is 7.05 Å². The van der Waals surface area contributed by atoms with Gasteiger partial charge >= 0.3 is 0 Å². The number of nitrogens with zero attached hydrogens (tertiary/aromatic N) is 1. The molecule has 1 atom stereocenters. The zero-order valence-corrected chi connectivity index (χ0v) is 8.84. The van der Waals surface area contributed by atoms with Gasteiger partial charge in [0.2, 0.25) is 5.91 Å². The number of rotatable bonds is 3. The quantitative estimate of drug-likeness (QED) is 0.684. The number of likely N-dealkylation sites (N-methyl/N-ethyl adjacent to an activating group) is 1. The van der Waals surface area contributed by atoms with Crippen LogP contribution in [-0.4, -0.2) is 42.4 Å². The van der Waals surface area contributed by atoms with Crippen LogP contribution in [0.4, 0.5) is 0 Å². The smallest absolute Gasteiger partial charge is 0.233 e. The molecule has 1 unspecified atom stereocenters. The Kier molecular flexibility index (Phi) is 4.01. The molecule has 70 valence electrons. The Bertz CT molecular complexity index is 157. The van der Waals surface area contributed by atoms with Gasteiger partial charge in [-0.05, 0) is 12.8 Å². The average molecular weight is 236 g/mol. The minimum absolute atomic E-state index is 0.116. The minimum Gasteiger partial charge on any atom is -0.376 e. The number of hydrogen-bond acceptors (Lipinski definition) is 2. The largest absolute Gasteiger partial charge is 0.376 e. The van der Waals surface area contributed by atoms with Gasteiger partial charge in [-0.1, -0.05) is 15.9 Å². The number of halogens is 1. The van der Waals surface area contributed by atoms with Gasteiger partial charge in [0.05, 0.1) is 11.4 Å². The molecule has 12 heavy (non-hydrogen) atoms. The van der Waals surface area contributed by atoms with Crippen LogP contribution in [0.25, 0.3) is 0 Å². The van der Waals surface area contributed by atoms with Crippen LogP contribution in [0.5, 0.6) is 0 Å². The second kappa shape index (κ2) is 4.82. The zero-order chi connectivity index (χ0) is 8.97. The highest BCUT2D eigenvalue weighted by molar-refractivity contribution is 9.09. The molecule has 4 heteroatoms. The third kappa shape index (κ3) is 2.75. The van der Waals surface area contributed by atoms with Crippen LogP contribution in [0.3, 0.4) is 0 Å². The third-order valence-electron chi connectivity index (χ3n) is 2.04. The molecule has 0 spiro atoms. The third-order valence-corrected chi connectivity index (χ3v) is 2.52. The van der Waals surface area contributed by atoms with Crippen LogP contribution in [-0.2, 0) is 9.53 Å². The summed E-state index contributed by atoms with van der Waals surface area (Å²) in [6.07, 6.45) is 2.47. The number of amides is 1. The van der Waals surface area contributed by atoms with Gasteiger partial charge in [-0.25, -0.2) is 0 Å². The summed E-state index contributed by atoms with van der Waals surface area (Å²) in [5, 5.41) is 0.399. The number of hydrogen-bond donors (Lipinski definition) is 0. The first kappa shape index (κ1) is 9.99. The van der Waals surface area contributed by atoms with E-state index >= 15 is 0 Å². The number of ether oxygens (including phenoxy) is 1. The summed E-state index contributed by atoms with van der Waals surface area (Å²) in [5.41, 5.74) is 0. The van der Waals surface area contributed by atoms with Crippen LogP contribution in [0, 0.1) is 0 Å². The summed E-state index contributed by atoms with van der Waals surface area (Å²) < 4.78 is 5.41. The van der Waals surface area contributed by atoms with Crippen molar-refractivity contribution in [3.8, 4) is 0 Å². The lowest BCUT2D eigenvalue weighted by molar-refractivity contribution is -0.128. The molecular formula is C8H14BrNO2. The fourth-order valence-corrected chi connectivity index (χ4v) is 1.73. The van der Waals surface area contributed by atoms with Crippen molar-refractivity contribution in [3.63, 3.8) is 0 Å². The Hall–Kier alpha value is -0.0900. The maximum absolute atomic E-state index is 11.1. The Labute approximate surface area is 81.2 Å². The molecule has 3 nitrogen and oxygen atoms in total. The van der Waals surface area contributed by atoms with Crippen molar-refractivity contribution >= 4 is 21.8 Å². The van der Waals surface area contributed by atoms with Crippen molar-refractivity contribution in [2.45, 2.75) is 18.9 Å². The number of carbonyl (C=O) groups excluding carboxylic acids is 1. The summed E-state index contributed by atoms with van der Waals surface area (Å²) in [4.78, 5) is 12.8. The summed E-state index contributed by atoms with van der Waals surface area (Å²) in [6.45, 7) is 1.57. The van der Waals surface area contributed by atoms with E-state index in [4.69, 9.17) is 4.74 Å². The molecule has 0 aromatic carbocycles. The highest BCUT2D eigenvalue weighted by Gasteiger charge is 2.19. The Morgan fingerprint density at radius 3 is 3.00 bits per heavy atom. The van der Waals surface area contributed by atoms with Crippen molar-refractivity contribution in [2.75, 3.05) is 25.5 Å². The van der Waals surface area contributed by atoms with E-state index in [9.17, 15) is 4.79 Å². The number of alkyl halides is 1. The standard InChI is InChI=1S/C8H14BrNO2/c1-10(8(11)5-9)6-7-3-2-4-12-7/h7H,2-6H2,1H3. The molecule has 0 radical (unpaired) electrons. The molecule has 1 heterocycles. The Morgan fingerprint density at radius 2 is 2.50 bits per heavy atom. The predicted octanol–water partition coefficient (Wildman–Crippen LogP) is 1.02. The Morgan fingerprint density at radius 1 is 1.75 bits per heavy atom. The molecule has 0 aliphatic carbocycles. The lowest BCUT2D eigenvalue weighted by Crippen LogP contribution is -2.34. The SMILES string of the molecule is CN(CC1CCCO1)C(=O)CBr. The molecular weight excluding hydrogens is 222 g/mol. The van der Waals surface area contributed by atoms with Gasteiger partial charge in [0.15, 0.2) is 0 Å². The molecule has 1 saturated heterocycles. The van der Waals surface area contributed by atoms with Crippen molar-refractivity contribution in [1.82, 2.24) is 4.90 Å². The van der Waals surface area contributed by atoms with Crippen molar-refractivity contribution in [1.29, 1.82) is 0 Å². The van der Waals surface area contributed by atoms with E-state index in [2.05, 4.69) is 15.9 Å². The van der Waals surface area contributed by atoms with E-state index in [1.54, 1.807) is 4.90 Å². The van der Waals surface area contributed by atoms with E-state index in [0.29, 0.717) is 5.33 Å². The molecule has 1 fully saturated rings. The van der Waals surface area contributed by atoms with E-state index in [-0.39, 0.29) is 12.0 Å². The van der Waals surface area contributed by atoms with Gasteiger partial charge < -0.3 is 9.64 Å². The van der Waals surface area contributed by atoms with Gasteiger partial charge in [-0.3, -0.25) is 4.79 Å². The van der Waals surface area contributed by atoms with Crippen LogP contribution in [0.1, 0.15) is 12.8 Å². The second-order valence-electron chi connectivity index (χ2n) is 3.04. The van der Waals surface area contributed by atoms with Crippen LogP contribution in [0.2, 0.25) is 0 Å². The summed E-state index contributed by atoms with van der Waals surface area (Å²) in [6, 6.07) is 0. The molecule has 1 rings (SSSR count). The van der Waals surface area contributed by atoms with Gasteiger partial charge in [-0.15, -0.1) is 0 Å². The fourth-order valence-electron chi connectivity index (χ4n) is 1.30. The highest BCUT2D eigenvalue weighted by atomic mass is 79.9. The van der Waals surface area contributed by atoms with Gasteiger partial charge in [0.25, 0.3) is 0 Å². The average Bonchev–Trinajstić information content (AvgIpc) is 2.55. The predicted molar refractivity (Wildman–Crippen MR) is 50.4 cm³/mol. The zero-order valence-electron chi connectivity index (χ0n) is 7.25. The first-order valence-electron chi connectivity index (χ1n) is 4.15. The summed E-state index contributed by atoms with van der Waals surface area (Å²) >= 11 is 3.13. The molecule has 0 bridgehead atoms. The second-order valence-corrected chi connectivity index (χ2v) is 3.60. The topological polar surface area (TPSA) is 29.5 Å². The van der Waals surface area contributed by atoms with E-state index in [0.717, 1.165) is 26.0 Å². The molecule has 1 aliphatic heterocycles. The van der Waals surface area contributed by atoms with Crippen molar-refractivity contribution in [3.05, 3.63) is 0 Å². The summed E-state index contributed by atoms with van der Waals surface area (Å²) in [5.74, 6) is 0.116. The monoisotopic (exact) mass is 235 g/mol. The maximum Gasteiger partial charge on any atom is 0.233 e. The van der Waals surface area contributed by atoms with Gasteiger partial charge in [-0.2, -0.15) is 0 Å². The minimum atomic E-state index is 0.116. The molecule has 0 aromatic rings. The summed E-state index contributed by atoms with van der Waals surface area (Å²) in [7, 11) is 1.81. The van der Waals surface area contributed by atoms with Crippen LogP contribution < -0.4 is 0 Å². The first-order valence-corrected chi connectivity index (χ1v) is 5.27.